The highest BCUT2D eigenvalue weighted by Gasteiger charge is 2.17. The molecule has 0 bridgehead atoms. The standard InChI is InChI=1S/C20H19N5O/c1-13-14(2)25(16-7-9-21-10-8-16)20-18(13)19(22-12-23-20)24-15-5-4-6-17(11-15)26-3/h4-12H,1-3H3,(H,22,23,24). The summed E-state index contributed by atoms with van der Waals surface area (Å²) in [7, 11) is 1.66. The Morgan fingerprint density at radius 2 is 1.85 bits per heavy atom. The highest BCUT2D eigenvalue weighted by atomic mass is 16.5. The van der Waals surface area contributed by atoms with Crippen LogP contribution in [0.15, 0.2) is 55.1 Å². The van der Waals surface area contributed by atoms with E-state index in [-0.39, 0.29) is 0 Å². The zero-order valence-corrected chi connectivity index (χ0v) is 14.9. The van der Waals surface area contributed by atoms with Gasteiger partial charge in [-0.3, -0.25) is 9.55 Å². The van der Waals surface area contributed by atoms with E-state index >= 15 is 0 Å². The minimum atomic E-state index is 0.775. The Hall–Kier alpha value is -3.41. The zero-order chi connectivity index (χ0) is 18.1. The monoisotopic (exact) mass is 345 g/mol. The number of aryl methyl sites for hydroxylation is 1. The van der Waals surface area contributed by atoms with Crippen molar-refractivity contribution in [1.82, 2.24) is 19.5 Å². The van der Waals surface area contributed by atoms with Crippen LogP contribution < -0.4 is 10.1 Å². The maximum absolute atomic E-state index is 5.30. The summed E-state index contributed by atoms with van der Waals surface area (Å²) >= 11 is 0. The lowest BCUT2D eigenvalue weighted by atomic mass is 10.2. The first-order valence-electron chi connectivity index (χ1n) is 8.33. The van der Waals surface area contributed by atoms with Crippen molar-refractivity contribution in [3.63, 3.8) is 0 Å². The number of methoxy groups -OCH3 is 1. The Bertz CT molecular complexity index is 1070. The highest BCUT2D eigenvalue weighted by molar-refractivity contribution is 5.94. The van der Waals surface area contributed by atoms with Crippen LogP contribution in [0.25, 0.3) is 16.7 Å². The third kappa shape index (κ3) is 2.65. The minimum absolute atomic E-state index is 0.775. The van der Waals surface area contributed by atoms with E-state index in [1.165, 1.54) is 0 Å². The fourth-order valence-corrected chi connectivity index (χ4v) is 3.14. The van der Waals surface area contributed by atoms with E-state index in [1.807, 2.05) is 36.4 Å². The van der Waals surface area contributed by atoms with Gasteiger partial charge in [0.05, 0.1) is 18.2 Å². The van der Waals surface area contributed by atoms with Crippen molar-refractivity contribution < 1.29 is 4.74 Å². The van der Waals surface area contributed by atoms with Crippen LogP contribution in [0.4, 0.5) is 11.5 Å². The second kappa shape index (κ2) is 6.48. The van der Waals surface area contributed by atoms with Gasteiger partial charge in [0.1, 0.15) is 17.9 Å². The Kier molecular flexibility index (Phi) is 4.01. The molecule has 0 aliphatic heterocycles. The molecule has 26 heavy (non-hydrogen) atoms. The summed E-state index contributed by atoms with van der Waals surface area (Å²) in [4.78, 5) is 13.1. The van der Waals surface area contributed by atoms with Crippen LogP contribution in [0.5, 0.6) is 5.75 Å². The van der Waals surface area contributed by atoms with Gasteiger partial charge >= 0.3 is 0 Å². The molecule has 0 spiro atoms. The second-order valence-corrected chi connectivity index (χ2v) is 6.03. The molecule has 3 heterocycles. The number of nitrogens with zero attached hydrogens (tertiary/aromatic N) is 4. The maximum Gasteiger partial charge on any atom is 0.150 e. The Labute approximate surface area is 151 Å². The van der Waals surface area contributed by atoms with E-state index < -0.39 is 0 Å². The van der Waals surface area contributed by atoms with Crippen molar-refractivity contribution in [3.05, 3.63) is 66.4 Å². The van der Waals surface area contributed by atoms with E-state index in [0.717, 1.165) is 45.2 Å². The summed E-state index contributed by atoms with van der Waals surface area (Å²) in [6, 6.07) is 11.7. The Morgan fingerprint density at radius 3 is 2.62 bits per heavy atom. The van der Waals surface area contributed by atoms with Gasteiger partial charge in [0.2, 0.25) is 0 Å². The van der Waals surface area contributed by atoms with Crippen molar-refractivity contribution in [2.24, 2.45) is 0 Å². The smallest absolute Gasteiger partial charge is 0.150 e. The molecule has 0 aliphatic rings. The number of hydrogen-bond donors (Lipinski definition) is 1. The Morgan fingerprint density at radius 1 is 1.04 bits per heavy atom. The molecule has 0 saturated heterocycles. The van der Waals surface area contributed by atoms with Crippen LogP contribution in [-0.2, 0) is 0 Å². The van der Waals surface area contributed by atoms with E-state index in [2.05, 4.69) is 38.7 Å². The van der Waals surface area contributed by atoms with Gasteiger partial charge in [-0.1, -0.05) is 6.07 Å². The molecule has 0 radical (unpaired) electrons. The number of pyridine rings is 1. The van der Waals surface area contributed by atoms with Crippen LogP contribution in [0, 0.1) is 13.8 Å². The van der Waals surface area contributed by atoms with Crippen molar-refractivity contribution in [3.8, 4) is 11.4 Å². The number of anilines is 2. The van der Waals surface area contributed by atoms with Crippen LogP contribution in [-0.4, -0.2) is 26.6 Å². The number of nitrogens with one attached hydrogen (secondary N) is 1. The fraction of sp³-hybridized carbons (Fsp3) is 0.150. The summed E-state index contributed by atoms with van der Waals surface area (Å²) in [5.74, 6) is 1.57. The molecular formula is C20H19N5O. The normalized spacial score (nSPS) is 10.9. The van der Waals surface area contributed by atoms with Gasteiger partial charge in [0, 0.05) is 29.8 Å². The number of hydrogen-bond acceptors (Lipinski definition) is 5. The number of aromatic nitrogens is 4. The summed E-state index contributed by atoms with van der Waals surface area (Å²) in [5, 5.41) is 4.40. The number of ether oxygens (including phenoxy) is 1. The topological polar surface area (TPSA) is 64.9 Å². The molecule has 4 rings (SSSR count). The minimum Gasteiger partial charge on any atom is -0.497 e. The molecule has 6 nitrogen and oxygen atoms in total. The third-order valence-corrected chi connectivity index (χ3v) is 4.55. The van der Waals surface area contributed by atoms with Gasteiger partial charge in [-0.25, -0.2) is 9.97 Å². The van der Waals surface area contributed by atoms with Gasteiger partial charge in [-0.15, -0.1) is 0 Å². The van der Waals surface area contributed by atoms with Gasteiger partial charge in [0.25, 0.3) is 0 Å². The van der Waals surface area contributed by atoms with Crippen LogP contribution in [0.1, 0.15) is 11.3 Å². The van der Waals surface area contributed by atoms with Gasteiger partial charge < -0.3 is 10.1 Å². The molecule has 0 fully saturated rings. The van der Waals surface area contributed by atoms with E-state index in [9.17, 15) is 0 Å². The summed E-state index contributed by atoms with van der Waals surface area (Å²) in [6.45, 7) is 4.18. The van der Waals surface area contributed by atoms with Gasteiger partial charge in [0.15, 0.2) is 5.65 Å². The average Bonchev–Trinajstić information content (AvgIpc) is 2.94. The first-order chi connectivity index (χ1) is 12.7. The SMILES string of the molecule is COc1cccc(Nc2ncnc3c2c(C)c(C)n3-c2ccncc2)c1. The number of fused-ring (bicyclic) bond motifs is 1. The molecule has 0 aliphatic carbocycles. The molecule has 0 amide bonds. The molecule has 1 N–H and O–H groups in total. The fourth-order valence-electron chi connectivity index (χ4n) is 3.14. The molecule has 3 aromatic heterocycles. The quantitative estimate of drug-likeness (QED) is 0.601. The van der Waals surface area contributed by atoms with Crippen molar-refractivity contribution >= 4 is 22.5 Å². The third-order valence-electron chi connectivity index (χ3n) is 4.55. The summed E-state index contributed by atoms with van der Waals surface area (Å²) in [5.41, 5.74) is 5.08. The maximum atomic E-state index is 5.30. The lowest BCUT2D eigenvalue weighted by Crippen LogP contribution is -1.99. The predicted molar refractivity (Wildman–Crippen MR) is 102 cm³/mol. The molecule has 4 aromatic rings. The van der Waals surface area contributed by atoms with Gasteiger partial charge in [-0.05, 0) is 43.7 Å². The predicted octanol–water partition coefficient (Wildman–Crippen LogP) is 4.18. The molecule has 130 valence electrons. The molecule has 1 aromatic carbocycles. The van der Waals surface area contributed by atoms with Crippen LogP contribution in [0.3, 0.4) is 0 Å². The van der Waals surface area contributed by atoms with Crippen molar-refractivity contribution in [2.45, 2.75) is 13.8 Å². The number of rotatable bonds is 4. The molecule has 0 unspecified atom stereocenters. The first kappa shape index (κ1) is 16.1. The first-order valence-corrected chi connectivity index (χ1v) is 8.33. The highest BCUT2D eigenvalue weighted by Crippen LogP contribution is 2.32. The zero-order valence-electron chi connectivity index (χ0n) is 14.9. The molecule has 0 saturated carbocycles. The molecule has 6 heteroatoms. The Balaban J connectivity index is 1.87. The average molecular weight is 345 g/mol. The lowest BCUT2D eigenvalue weighted by molar-refractivity contribution is 0.415. The largest absolute Gasteiger partial charge is 0.497 e. The lowest BCUT2D eigenvalue weighted by Gasteiger charge is -2.09. The van der Waals surface area contributed by atoms with E-state index in [0.29, 0.717) is 0 Å². The summed E-state index contributed by atoms with van der Waals surface area (Å²) in [6.07, 6.45) is 5.15. The number of benzene rings is 1. The molecular weight excluding hydrogens is 326 g/mol. The molecule has 0 atom stereocenters. The van der Waals surface area contributed by atoms with Crippen LogP contribution in [0.2, 0.25) is 0 Å². The van der Waals surface area contributed by atoms with E-state index in [1.54, 1.807) is 25.8 Å². The van der Waals surface area contributed by atoms with Crippen molar-refractivity contribution in [2.75, 3.05) is 12.4 Å². The van der Waals surface area contributed by atoms with Crippen molar-refractivity contribution in [1.29, 1.82) is 0 Å². The van der Waals surface area contributed by atoms with Crippen LogP contribution >= 0.6 is 0 Å². The summed E-state index contributed by atoms with van der Waals surface area (Å²) < 4.78 is 7.43. The second-order valence-electron chi connectivity index (χ2n) is 6.03. The van der Waals surface area contributed by atoms with Gasteiger partial charge in [-0.2, -0.15) is 0 Å². The van der Waals surface area contributed by atoms with E-state index in [4.69, 9.17) is 4.74 Å².